The maximum absolute atomic E-state index is 12.5. The minimum atomic E-state index is -3.63. The van der Waals surface area contributed by atoms with E-state index in [4.69, 9.17) is 6.42 Å². The van der Waals surface area contributed by atoms with Crippen LogP contribution in [-0.2, 0) is 10.0 Å². The van der Waals surface area contributed by atoms with Crippen LogP contribution in [0, 0.1) is 19.3 Å². The standard InChI is InChI=1S/C17H16BrNO2S/c1-3-6-17(15-7-4-5-8-16(15)18)19-22(20,21)14-11-9-13(2)10-12-14/h1,4-5,7-12,17,19H,6H2,2H3. The smallest absolute Gasteiger partial charge is 0.207 e. The Labute approximate surface area is 139 Å². The Morgan fingerprint density at radius 2 is 1.82 bits per heavy atom. The molecule has 2 rings (SSSR count). The lowest BCUT2D eigenvalue weighted by atomic mass is 10.1. The van der Waals surface area contributed by atoms with Crippen LogP contribution in [0.1, 0.15) is 23.6 Å². The summed E-state index contributed by atoms with van der Waals surface area (Å²) in [4.78, 5) is 0.229. The third kappa shape index (κ3) is 3.98. The maximum atomic E-state index is 12.5. The number of aryl methyl sites for hydroxylation is 1. The first kappa shape index (κ1) is 16.8. The van der Waals surface area contributed by atoms with Crippen LogP contribution in [0.3, 0.4) is 0 Å². The summed E-state index contributed by atoms with van der Waals surface area (Å²) < 4.78 is 28.5. The average molecular weight is 378 g/mol. The normalized spacial score (nSPS) is 12.6. The second-order valence-electron chi connectivity index (χ2n) is 4.92. The van der Waals surface area contributed by atoms with Gasteiger partial charge in [0.2, 0.25) is 10.0 Å². The van der Waals surface area contributed by atoms with Gasteiger partial charge in [0.15, 0.2) is 0 Å². The molecular formula is C17H16BrNO2S. The van der Waals surface area contributed by atoms with Crippen LogP contribution >= 0.6 is 15.9 Å². The molecule has 2 aromatic carbocycles. The zero-order valence-corrected chi connectivity index (χ0v) is 14.5. The largest absolute Gasteiger partial charge is 0.241 e. The molecule has 114 valence electrons. The Bertz CT molecular complexity index is 792. The van der Waals surface area contributed by atoms with Gasteiger partial charge in [-0.05, 0) is 30.7 Å². The SMILES string of the molecule is C#CCC(NS(=O)(=O)c1ccc(C)cc1)c1ccccc1Br. The van der Waals surface area contributed by atoms with E-state index in [0.29, 0.717) is 0 Å². The van der Waals surface area contributed by atoms with Crippen molar-refractivity contribution in [3.05, 3.63) is 64.1 Å². The summed E-state index contributed by atoms with van der Waals surface area (Å²) in [5, 5.41) is 0. The van der Waals surface area contributed by atoms with Crippen LogP contribution < -0.4 is 4.72 Å². The van der Waals surface area contributed by atoms with Gasteiger partial charge in [-0.15, -0.1) is 12.3 Å². The quantitative estimate of drug-likeness (QED) is 0.805. The highest BCUT2D eigenvalue weighted by molar-refractivity contribution is 9.10. The van der Waals surface area contributed by atoms with Gasteiger partial charge >= 0.3 is 0 Å². The number of benzene rings is 2. The van der Waals surface area contributed by atoms with Crippen molar-refractivity contribution in [3.8, 4) is 12.3 Å². The summed E-state index contributed by atoms with van der Waals surface area (Å²) in [6, 6.07) is 13.7. The van der Waals surface area contributed by atoms with Crippen molar-refractivity contribution >= 4 is 26.0 Å². The Hall–Kier alpha value is -1.61. The van der Waals surface area contributed by atoms with E-state index in [-0.39, 0.29) is 11.3 Å². The average Bonchev–Trinajstić information content (AvgIpc) is 2.47. The molecule has 2 aromatic rings. The Morgan fingerprint density at radius 1 is 1.18 bits per heavy atom. The lowest BCUT2D eigenvalue weighted by molar-refractivity contribution is 0.559. The van der Waals surface area contributed by atoms with Gasteiger partial charge in [-0.2, -0.15) is 0 Å². The summed E-state index contributed by atoms with van der Waals surface area (Å²) in [5.41, 5.74) is 1.82. The van der Waals surface area contributed by atoms with Gasteiger partial charge < -0.3 is 0 Å². The molecule has 0 aliphatic rings. The fraction of sp³-hybridized carbons (Fsp3) is 0.176. The fourth-order valence-corrected chi connectivity index (χ4v) is 3.84. The van der Waals surface area contributed by atoms with Crippen LogP contribution in [-0.4, -0.2) is 8.42 Å². The minimum absolute atomic E-state index is 0.229. The van der Waals surface area contributed by atoms with Gasteiger partial charge in [-0.25, -0.2) is 13.1 Å². The van der Waals surface area contributed by atoms with Gasteiger partial charge in [-0.1, -0.05) is 51.8 Å². The van der Waals surface area contributed by atoms with E-state index >= 15 is 0 Å². The summed E-state index contributed by atoms with van der Waals surface area (Å²) >= 11 is 3.44. The van der Waals surface area contributed by atoms with E-state index in [1.165, 1.54) is 0 Å². The molecule has 0 amide bonds. The first-order chi connectivity index (χ1) is 10.4. The molecule has 0 aromatic heterocycles. The number of halogens is 1. The molecule has 22 heavy (non-hydrogen) atoms. The predicted molar refractivity (Wildman–Crippen MR) is 91.8 cm³/mol. The molecule has 0 bridgehead atoms. The molecule has 0 fully saturated rings. The third-order valence-electron chi connectivity index (χ3n) is 3.23. The van der Waals surface area contributed by atoms with Crippen LogP contribution in [0.15, 0.2) is 57.9 Å². The maximum Gasteiger partial charge on any atom is 0.241 e. The van der Waals surface area contributed by atoms with Crippen molar-refractivity contribution < 1.29 is 8.42 Å². The van der Waals surface area contributed by atoms with Crippen molar-refractivity contribution in [3.63, 3.8) is 0 Å². The summed E-state index contributed by atoms with van der Waals surface area (Å²) in [6.07, 6.45) is 5.67. The van der Waals surface area contributed by atoms with Gasteiger partial charge in [0.1, 0.15) is 0 Å². The third-order valence-corrected chi connectivity index (χ3v) is 5.44. The molecule has 0 radical (unpaired) electrons. The monoisotopic (exact) mass is 377 g/mol. The highest BCUT2D eigenvalue weighted by Crippen LogP contribution is 2.27. The second-order valence-corrected chi connectivity index (χ2v) is 7.49. The summed E-state index contributed by atoms with van der Waals surface area (Å²) in [5.74, 6) is 2.53. The van der Waals surface area contributed by atoms with Crippen molar-refractivity contribution in [2.75, 3.05) is 0 Å². The predicted octanol–water partition coefficient (Wildman–Crippen LogP) is 3.80. The van der Waals surface area contributed by atoms with E-state index < -0.39 is 16.1 Å². The van der Waals surface area contributed by atoms with E-state index in [0.717, 1.165) is 15.6 Å². The van der Waals surface area contributed by atoms with Crippen LogP contribution in [0.5, 0.6) is 0 Å². The van der Waals surface area contributed by atoms with Crippen molar-refractivity contribution in [2.24, 2.45) is 0 Å². The highest BCUT2D eigenvalue weighted by Gasteiger charge is 2.22. The molecule has 1 atom stereocenters. The molecule has 0 heterocycles. The number of sulfonamides is 1. The Kier molecular flexibility index (Phi) is 5.41. The molecule has 0 saturated heterocycles. The molecule has 0 saturated carbocycles. The van der Waals surface area contributed by atoms with E-state index in [1.54, 1.807) is 24.3 Å². The van der Waals surface area contributed by atoms with Gasteiger partial charge in [0, 0.05) is 10.9 Å². The lowest BCUT2D eigenvalue weighted by Gasteiger charge is -2.18. The zero-order valence-electron chi connectivity index (χ0n) is 12.1. The zero-order chi connectivity index (χ0) is 16.2. The molecule has 0 aliphatic carbocycles. The number of nitrogens with one attached hydrogen (secondary N) is 1. The van der Waals surface area contributed by atoms with Gasteiger partial charge in [0.05, 0.1) is 10.9 Å². The van der Waals surface area contributed by atoms with E-state index in [9.17, 15) is 8.42 Å². The van der Waals surface area contributed by atoms with Crippen LogP contribution in [0.2, 0.25) is 0 Å². The summed E-state index contributed by atoms with van der Waals surface area (Å²) in [6.45, 7) is 1.91. The highest BCUT2D eigenvalue weighted by atomic mass is 79.9. The molecular weight excluding hydrogens is 362 g/mol. The van der Waals surface area contributed by atoms with Crippen LogP contribution in [0.25, 0.3) is 0 Å². The first-order valence-electron chi connectivity index (χ1n) is 6.71. The van der Waals surface area contributed by atoms with Gasteiger partial charge in [0.25, 0.3) is 0 Å². The van der Waals surface area contributed by atoms with Crippen molar-refractivity contribution in [1.29, 1.82) is 0 Å². The molecule has 0 aliphatic heterocycles. The molecule has 1 N–H and O–H groups in total. The minimum Gasteiger partial charge on any atom is -0.207 e. The lowest BCUT2D eigenvalue weighted by Crippen LogP contribution is -2.28. The number of rotatable bonds is 5. The van der Waals surface area contributed by atoms with Crippen molar-refractivity contribution in [2.45, 2.75) is 24.3 Å². The summed E-state index contributed by atoms with van der Waals surface area (Å²) in [7, 11) is -3.63. The Morgan fingerprint density at radius 3 is 2.41 bits per heavy atom. The number of terminal acetylenes is 1. The van der Waals surface area contributed by atoms with E-state index in [2.05, 4.69) is 26.6 Å². The second kappa shape index (κ2) is 7.10. The molecule has 1 unspecified atom stereocenters. The topological polar surface area (TPSA) is 46.2 Å². The molecule has 5 heteroatoms. The Balaban J connectivity index is 2.34. The number of hydrogen-bond acceptors (Lipinski definition) is 2. The molecule has 3 nitrogen and oxygen atoms in total. The van der Waals surface area contributed by atoms with Gasteiger partial charge in [-0.3, -0.25) is 0 Å². The van der Waals surface area contributed by atoms with Crippen LogP contribution in [0.4, 0.5) is 0 Å². The molecule has 0 spiro atoms. The van der Waals surface area contributed by atoms with E-state index in [1.807, 2.05) is 31.2 Å². The fourth-order valence-electron chi connectivity index (χ4n) is 2.06. The van der Waals surface area contributed by atoms with Crippen molar-refractivity contribution in [1.82, 2.24) is 4.72 Å². The number of hydrogen-bond donors (Lipinski definition) is 1. The first-order valence-corrected chi connectivity index (χ1v) is 8.98.